The smallest absolute Gasteiger partial charge is 0.339 e. The van der Waals surface area contributed by atoms with Gasteiger partial charge < -0.3 is 14.9 Å². The average molecular weight is 315 g/mol. The van der Waals surface area contributed by atoms with E-state index in [9.17, 15) is 18.3 Å². The van der Waals surface area contributed by atoms with Crippen LogP contribution in [-0.2, 0) is 14.8 Å². The lowest BCUT2D eigenvalue weighted by Crippen LogP contribution is -2.50. The summed E-state index contributed by atoms with van der Waals surface area (Å²) in [6.07, 6.45) is 0. The van der Waals surface area contributed by atoms with Gasteiger partial charge in [0, 0.05) is 13.1 Å². The van der Waals surface area contributed by atoms with Crippen LogP contribution in [0.1, 0.15) is 24.2 Å². The maximum absolute atomic E-state index is 12.6. The van der Waals surface area contributed by atoms with Gasteiger partial charge in [0.2, 0.25) is 10.0 Å². The summed E-state index contributed by atoms with van der Waals surface area (Å²) in [5.74, 6) is -1.85. The van der Waals surface area contributed by atoms with E-state index in [4.69, 9.17) is 9.84 Å². The van der Waals surface area contributed by atoms with E-state index in [1.807, 2.05) is 0 Å². The van der Waals surface area contributed by atoms with Crippen LogP contribution in [-0.4, -0.2) is 54.2 Å². The highest BCUT2D eigenvalue weighted by Crippen LogP contribution is 2.26. The molecule has 0 unspecified atom stereocenters. The molecular weight excluding hydrogens is 298 g/mol. The molecule has 0 bridgehead atoms. The van der Waals surface area contributed by atoms with Crippen LogP contribution in [0.3, 0.4) is 0 Å². The maximum Gasteiger partial charge on any atom is 0.339 e. The summed E-state index contributed by atoms with van der Waals surface area (Å²) in [6, 6.07) is 3.23. The molecule has 116 valence electrons. The van der Waals surface area contributed by atoms with E-state index in [0.717, 1.165) is 12.1 Å². The fourth-order valence-corrected chi connectivity index (χ4v) is 3.77. The van der Waals surface area contributed by atoms with Crippen LogP contribution in [0.5, 0.6) is 5.75 Å². The molecule has 2 N–H and O–H groups in total. The number of phenols is 1. The molecule has 0 aliphatic carbocycles. The Morgan fingerprint density at radius 3 is 2.62 bits per heavy atom. The number of morpholine rings is 1. The molecule has 1 aromatic carbocycles. The van der Waals surface area contributed by atoms with E-state index in [0.29, 0.717) is 0 Å². The van der Waals surface area contributed by atoms with E-state index in [-0.39, 0.29) is 24.6 Å². The number of benzene rings is 1. The predicted molar refractivity (Wildman–Crippen MR) is 73.9 cm³/mol. The molecule has 1 heterocycles. The summed E-state index contributed by atoms with van der Waals surface area (Å²) in [5.41, 5.74) is -1.04. The Kier molecular flexibility index (Phi) is 3.96. The summed E-state index contributed by atoms with van der Waals surface area (Å²) in [4.78, 5) is 10.8. The van der Waals surface area contributed by atoms with Gasteiger partial charge in [-0.2, -0.15) is 4.31 Å². The summed E-state index contributed by atoms with van der Waals surface area (Å²) in [7, 11) is -3.83. The Morgan fingerprint density at radius 1 is 1.38 bits per heavy atom. The molecule has 0 saturated carbocycles. The van der Waals surface area contributed by atoms with Gasteiger partial charge in [-0.15, -0.1) is 0 Å². The van der Waals surface area contributed by atoms with Crippen LogP contribution in [0.4, 0.5) is 0 Å². The molecule has 1 saturated heterocycles. The summed E-state index contributed by atoms with van der Waals surface area (Å²) in [5, 5.41) is 18.4. The third-order valence-electron chi connectivity index (χ3n) is 3.23. The molecular formula is C13H17NO6S. The first-order chi connectivity index (χ1) is 9.63. The Morgan fingerprint density at radius 2 is 2.05 bits per heavy atom. The topological polar surface area (TPSA) is 104 Å². The van der Waals surface area contributed by atoms with E-state index in [2.05, 4.69) is 0 Å². The number of ether oxygens (including phenoxy) is 1. The van der Waals surface area contributed by atoms with Gasteiger partial charge in [-0.05, 0) is 32.0 Å². The third kappa shape index (κ3) is 3.17. The van der Waals surface area contributed by atoms with Crippen LogP contribution in [0.25, 0.3) is 0 Å². The lowest BCUT2D eigenvalue weighted by Gasteiger charge is -2.37. The van der Waals surface area contributed by atoms with Crippen LogP contribution >= 0.6 is 0 Å². The van der Waals surface area contributed by atoms with Crippen molar-refractivity contribution in [2.75, 3.05) is 19.7 Å². The number of hydrogen-bond donors (Lipinski definition) is 2. The molecule has 1 aliphatic heterocycles. The molecule has 0 spiro atoms. The zero-order valence-corrected chi connectivity index (χ0v) is 12.6. The summed E-state index contributed by atoms with van der Waals surface area (Å²) >= 11 is 0. The van der Waals surface area contributed by atoms with E-state index < -0.39 is 32.9 Å². The number of carbonyl (C=O) groups is 1. The van der Waals surface area contributed by atoms with Crippen molar-refractivity contribution in [3.8, 4) is 5.75 Å². The van der Waals surface area contributed by atoms with Gasteiger partial charge in [0.05, 0.1) is 17.1 Å². The van der Waals surface area contributed by atoms with Gasteiger partial charge >= 0.3 is 5.97 Å². The number of carboxylic acids is 1. The molecule has 21 heavy (non-hydrogen) atoms. The molecule has 0 aromatic heterocycles. The molecule has 0 atom stereocenters. The van der Waals surface area contributed by atoms with Crippen molar-refractivity contribution < 1.29 is 28.2 Å². The van der Waals surface area contributed by atoms with Crippen molar-refractivity contribution in [1.82, 2.24) is 4.31 Å². The number of aromatic hydroxyl groups is 1. The second kappa shape index (κ2) is 5.28. The van der Waals surface area contributed by atoms with Crippen LogP contribution < -0.4 is 0 Å². The third-order valence-corrected chi connectivity index (χ3v) is 5.07. The lowest BCUT2D eigenvalue weighted by molar-refractivity contribution is -0.0640. The van der Waals surface area contributed by atoms with Crippen molar-refractivity contribution in [2.24, 2.45) is 0 Å². The largest absolute Gasteiger partial charge is 0.507 e. The van der Waals surface area contributed by atoms with Crippen LogP contribution in [0.2, 0.25) is 0 Å². The fourth-order valence-electron chi connectivity index (χ4n) is 2.17. The highest BCUT2D eigenvalue weighted by molar-refractivity contribution is 7.89. The predicted octanol–water partition coefficient (Wildman–Crippen LogP) is 0.890. The Bertz CT molecular complexity index is 667. The molecule has 1 fully saturated rings. The Labute approximate surface area is 122 Å². The SMILES string of the molecule is CC1(C)CN(S(=O)(=O)c2ccc(O)c(C(=O)O)c2)CCO1. The summed E-state index contributed by atoms with van der Waals surface area (Å²) < 4.78 is 31.8. The molecule has 7 nitrogen and oxygen atoms in total. The van der Waals surface area contributed by atoms with Crippen LogP contribution in [0, 0.1) is 0 Å². The number of sulfonamides is 1. The second-order valence-corrected chi connectivity index (χ2v) is 7.37. The minimum absolute atomic E-state index is 0.157. The Balaban J connectivity index is 2.40. The number of nitrogens with zero attached hydrogens (tertiary/aromatic N) is 1. The zero-order chi connectivity index (χ0) is 15.8. The number of hydrogen-bond acceptors (Lipinski definition) is 5. The molecule has 8 heteroatoms. The number of carboxylic acid groups (broad SMARTS) is 1. The molecule has 1 aromatic rings. The van der Waals surface area contributed by atoms with E-state index in [1.165, 1.54) is 10.4 Å². The van der Waals surface area contributed by atoms with Gasteiger partial charge in [-0.25, -0.2) is 13.2 Å². The van der Waals surface area contributed by atoms with Gasteiger partial charge in [0.1, 0.15) is 11.3 Å². The second-order valence-electron chi connectivity index (χ2n) is 5.43. The summed E-state index contributed by atoms with van der Waals surface area (Å²) in [6.45, 7) is 4.23. The van der Waals surface area contributed by atoms with Gasteiger partial charge in [0.25, 0.3) is 0 Å². The first kappa shape index (κ1) is 15.7. The van der Waals surface area contributed by atoms with Gasteiger partial charge in [-0.1, -0.05) is 0 Å². The van der Waals surface area contributed by atoms with Crippen molar-refractivity contribution in [2.45, 2.75) is 24.3 Å². The fraction of sp³-hybridized carbons (Fsp3) is 0.462. The van der Waals surface area contributed by atoms with Crippen molar-refractivity contribution in [3.05, 3.63) is 23.8 Å². The number of rotatable bonds is 3. The standard InChI is InChI=1S/C13H17NO6S/c1-13(2)8-14(5-6-20-13)21(18,19)9-3-4-11(15)10(7-9)12(16)17/h3-4,7,15H,5-6,8H2,1-2H3,(H,16,17). The van der Waals surface area contributed by atoms with E-state index in [1.54, 1.807) is 13.8 Å². The minimum atomic E-state index is -3.83. The first-order valence-corrected chi connectivity index (χ1v) is 7.78. The molecule has 0 radical (unpaired) electrons. The van der Waals surface area contributed by atoms with Gasteiger partial charge in [0.15, 0.2) is 0 Å². The normalized spacial score (nSPS) is 19.3. The van der Waals surface area contributed by atoms with Gasteiger partial charge in [-0.3, -0.25) is 0 Å². The van der Waals surface area contributed by atoms with Crippen molar-refractivity contribution >= 4 is 16.0 Å². The van der Waals surface area contributed by atoms with Crippen molar-refractivity contribution in [1.29, 1.82) is 0 Å². The first-order valence-electron chi connectivity index (χ1n) is 6.34. The molecule has 1 aliphatic rings. The maximum atomic E-state index is 12.6. The highest BCUT2D eigenvalue weighted by Gasteiger charge is 2.35. The Hall–Kier alpha value is -1.64. The van der Waals surface area contributed by atoms with Crippen LogP contribution in [0.15, 0.2) is 23.1 Å². The van der Waals surface area contributed by atoms with Crippen molar-refractivity contribution in [3.63, 3.8) is 0 Å². The molecule has 2 rings (SSSR count). The number of aromatic carboxylic acids is 1. The monoisotopic (exact) mass is 315 g/mol. The highest BCUT2D eigenvalue weighted by atomic mass is 32.2. The quantitative estimate of drug-likeness (QED) is 0.858. The zero-order valence-electron chi connectivity index (χ0n) is 11.7. The average Bonchev–Trinajstić information content (AvgIpc) is 2.37. The van der Waals surface area contributed by atoms with E-state index >= 15 is 0 Å². The minimum Gasteiger partial charge on any atom is -0.507 e. The molecule has 0 amide bonds. The lowest BCUT2D eigenvalue weighted by atomic mass is 10.1.